The van der Waals surface area contributed by atoms with Crippen LogP contribution in [0.2, 0.25) is 0 Å². The Morgan fingerprint density at radius 1 is 1.04 bits per heavy atom. The van der Waals surface area contributed by atoms with E-state index in [1.54, 1.807) is 0 Å². The molecule has 0 radical (unpaired) electrons. The second kappa shape index (κ2) is 7.22. The van der Waals surface area contributed by atoms with Gasteiger partial charge in [0, 0.05) is 51.0 Å². The lowest BCUT2D eigenvalue weighted by Gasteiger charge is -2.39. The van der Waals surface area contributed by atoms with Crippen molar-refractivity contribution < 1.29 is 4.79 Å². The molecular weight excluding hydrogens is 322 g/mol. The first-order chi connectivity index (χ1) is 12.6. The van der Waals surface area contributed by atoms with E-state index >= 15 is 0 Å². The van der Waals surface area contributed by atoms with E-state index in [9.17, 15) is 4.79 Å². The molecule has 2 heterocycles. The summed E-state index contributed by atoms with van der Waals surface area (Å²) in [5.74, 6) is 0. The zero-order chi connectivity index (χ0) is 18.1. The molecule has 4 heteroatoms. The molecule has 2 fully saturated rings. The van der Waals surface area contributed by atoms with Crippen LogP contribution in [0.5, 0.6) is 0 Å². The summed E-state index contributed by atoms with van der Waals surface area (Å²) in [5, 5.41) is 0. The minimum Gasteiger partial charge on any atom is -0.369 e. The number of hydrogen-bond acceptors (Lipinski definition) is 3. The van der Waals surface area contributed by atoms with E-state index in [1.165, 1.54) is 55.6 Å². The summed E-state index contributed by atoms with van der Waals surface area (Å²) in [6, 6.07) is 7.82. The van der Waals surface area contributed by atoms with Crippen LogP contribution < -0.4 is 4.90 Å². The van der Waals surface area contributed by atoms with Crippen molar-refractivity contribution in [3.63, 3.8) is 0 Å². The Morgan fingerprint density at radius 3 is 2.46 bits per heavy atom. The maximum absolute atomic E-state index is 11.4. The van der Waals surface area contributed by atoms with Crippen LogP contribution in [0.25, 0.3) is 0 Å². The summed E-state index contributed by atoms with van der Waals surface area (Å²) in [7, 11) is 0. The molecule has 142 valence electrons. The molecule has 0 unspecified atom stereocenters. The van der Waals surface area contributed by atoms with Gasteiger partial charge >= 0.3 is 0 Å². The summed E-state index contributed by atoms with van der Waals surface area (Å²) in [5.41, 5.74) is 4.20. The number of carbonyl (C=O) groups is 1. The van der Waals surface area contributed by atoms with Crippen LogP contribution in [0.4, 0.5) is 5.69 Å². The average molecular weight is 356 g/mol. The zero-order valence-electron chi connectivity index (χ0n) is 16.4. The number of anilines is 1. The lowest BCUT2D eigenvalue weighted by Crippen LogP contribution is -2.49. The molecule has 0 spiro atoms. The fourth-order valence-electron chi connectivity index (χ4n) is 5.13. The summed E-state index contributed by atoms with van der Waals surface area (Å²) >= 11 is 0. The van der Waals surface area contributed by atoms with E-state index in [1.807, 2.05) is 4.90 Å². The van der Waals surface area contributed by atoms with Crippen LogP contribution in [-0.2, 0) is 16.8 Å². The van der Waals surface area contributed by atoms with Crippen molar-refractivity contribution in [1.82, 2.24) is 9.80 Å². The standard InChI is InChI=1S/C22H33N3O/c1-22(2)9-10-23(17-26)16-18-15-20(7-8-21(18)22)25-13-11-24(12-14-25)19-5-3-4-6-19/h7-8,15,17,19H,3-6,9-14,16H2,1-2H3. The monoisotopic (exact) mass is 355 g/mol. The predicted octanol–water partition coefficient (Wildman–Crippen LogP) is 3.39. The van der Waals surface area contributed by atoms with Gasteiger partial charge in [-0.2, -0.15) is 0 Å². The smallest absolute Gasteiger partial charge is 0.210 e. The fraction of sp³-hybridized carbons (Fsp3) is 0.682. The quantitative estimate of drug-likeness (QED) is 0.778. The number of rotatable bonds is 3. The maximum atomic E-state index is 11.4. The minimum atomic E-state index is 0.132. The lowest BCUT2D eigenvalue weighted by atomic mass is 9.80. The van der Waals surface area contributed by atoms with E-state index < -0.39 is 0 Å². The molecule has 1 aliphatic carbocycles. The third-order valence-electron chi connectivity index (χ3n) is 6.88. The molecule has 1 aromatic rings. The molecule has 1 amide bonds. The van der Waals surface area contributed by atoms with Gasteiger partial charge in [-0.3, -0.25) is 9.69 Å². The highest BCUT2D eigenvalue weighted by molar-refractivity contribution is 5.55. The van der Waals surface area contributed by atoms with E-state index in [0.29, 0.717) is 0 Å². The van der Waals surface area contributed by atoms with Crippen molar-refractivity contribution in [2.24, 2.45) is 0 Å². The largest absolute Gasteiger partial charge is 0.369 e. The van der Waals surface area contributed by atoms with Crippen LogP contribution in [-0.4, -0.2) is 55.0 Å². The topological polar surface area (TPSA) is 26.8 Å². The van der Waals surface area contributed by atoms with Crippen molar-refractivity contribution >= 4 is 12.1 Å². The number of fused-ring (bicyclic) bond motifs is 1. The second-order valence-corrected chi connectivity index (χ2v) is 9.01. The molecule has 0 aromatic heterocycles. The highest BCUT2D eigenvalue weighted by Gasteiger charge is 2.30. The van der Waals surface area contributed by atoms with Crippen molar-refractivity contribution in [3.05, 3.63) is 29.3 Å². The summed E-state index contributed by atoms with van der Waals surface area (Å²) in [6.45, 7) is 10.8. The molecule has 2 aliphatic heterocycles. The van der Waals surface area contributed by atoms with Crippen LogP contribution in [0.15, 0.2) is 18.2 Å². The minimum absolute atomic E-state index is 0.132. The Kier molecular flexibility index (Phi) is 4.96. The van der Waals surface area contributed by atoms with Gasteiger partial charge in [0.05, 0.1) is 0 Å². The molecule has 3 aliphatic rings. The van der Waals surface area contributed by atoms with Crippen molar-refractivity contribution in [2.45, 2.75) is 64.0 Å². The third kappa shape index (κ3) is 3.48. The predicted molar refractivity (Wildman–Crippen MR) is 107 cm³/mol. The van der Waals surface area contributed by atoms with Gasteiger partial charge in [0.1, 0.15) is 0 Å². The summed E-state index contributed by atoms with van der Waals surface area (Å²) in [6.07, 6.45) is 7.67. The molecule has 0 N–H and O–H groups in total. The van der Waals surface area contributed by atoms with Crippen molar-refractivity contribution in [1.29, 1.82) is 0 Å². The van der Waals surface area contributed by atoms with E-state index in [-0.39, 0.29) is 5.41 Å². The van der Waals surface area contributed by atoms with Gasteiger partial charge < -0.3 is 9.80 Å². The molecular formula is C22H33N3O. The third-order valence-corrected chi connectivity index (χ3v) is 6.88. The fourth-order valence-corrected chi connectivity index (χ4v) is 5.13. The molecule has 26 heavy (non-hydrogen) atoms. The zero-order valence-corrected chi connectivity index (χ0v) is 16.4. The van der Waals surface area contributed by atoms with E-state index in [4.69, 9.17) is 0 Å². The number of amides is 1. The Hall–Kier alpha value is -1.55. The van der Waals surface area contributed by atoms with Crippen molar-refractivity contribution in [2.75, 3.05) is 37.6 Å². The van der Waals surface area contributed by atoms with Gasteiger partial charge in [0.25, 0.3) is 0 Å². The summed E-state index contributed by atoms with van der Waals surface area (Å²) in [4.78, 5) is 18.6. The van der Waals surface area contributed by atoms with E-state index in [0.717, 1.165) is 45.1 Å². The number of piperazine rings is 1. The van der Waals surface area contributed by atoms with Crippen LogP contribution >= 0.6 is 0 Å². The Morgan fingerprint density at radius 2 is 1.77 bits per heavy atom. The SMILES string of the molecule is CC1(C)CCN(C=O)Cc2cc(N3CCN(C4CCCC4)CC3)ccc21. The Balaban J connectivity index is 1.50. The number of benzene rings is 1. The van der Waals surface area contributed by atoms with Gasteiger partial charge in [-0.1, -0.05) is 32.8 Å². The van der Waals surface area contributed by atoms with Gasteiger partial charge in [-0.15, -0.1) is 0 Å². The van der Waals surface area contributed by atoms with Crippen LogP contribution in [0.1, 0.15) is 57.1 Å². The first-order valence-electron chi connectivity index (χ1n) is 10.4. The average Bonchev–Trinajstić information content (AvgIpc) is 3.15. The van der Waals surface area contributed by atoms with Gasteiger partial charge in [0.15, 0.2) is 0 Å². The van der Waals surface area contributed by atoms with Crippen LogP contribution in [0.3, 0.4) is 0 Å². The molecule has 4 rings (SSSR count). The highest BCUT2D eigenvalue weighted by Crippen LogP contribution is 2.36. The number of nitrogens with zero attached hydrogens (tertiary/aromatic N) is 3. The maximum Gasteiger partial charge on any atom is 0.210 e. The molecule has 1 saturated heterocycles. The number of carbonyl (C=O) groups excluding carboxylic acids is 1. The van der Waals surface area contributed by atoms with Gasteiger partial charge in [-0.25, -0.2) is 0 Å². The normalized spacial score (nSPS) is 24.4. The highest BCUT2D eigenvalue weighted by atomic mass is 16.1. The Bertz CT molecular complexity index is 643. The first-order valence-corrected chi connectivity index (χ1v) is 10.4. The lowest BCUT2D eigenvalue weighted by molar-refractivity contribution is -0.118. The molecule has 1 saturated carbocycles. The number of hydrogen-bond donors (Lipinski definition) is 0. The molecule has 0 atom stereocenters. The molecule has 4 nitrogen and oxygen atoms in total. The second-order valence-electron chi connectivity index (χ2n) is 9.01. The van der Waals surface area contributed by atoms with E-state index in [2.05, 4.69) is 41.8 Å². The molecule has 1 aromatic carbocycles. The van der Waals surface area contributed by atoms with Crippen molar-refractivity contribution in [3.8, 4) is 0 Å². The summed E-state index contributed by atoms with van der Waals surface area (Å²) < 4.78 is 0. The molecule has 0 bridgehead atoms. The Labute approximate surface area is 158 Å². The van der Waals surface area contributed by atoms with Gasteiger partial charge in [0.2, 0.25) is 6.41 Å². The van der Waals surface area contributed by atoms with Gasteiger partial charge in [-0.05, 0) is 47.9 Å². The van der Waals surface area contributed by atoms with Crippen LogP contribution in [0, 0.1) is 0 Å². The first kappa shape index (κ1) is 17.8.